The van der Waals surface area contributed by atoms with Gasteiger partial charge < -0.3 is 20.1 Å². The van der Waals surface area contributed by atoms with Gasteiger partial charge in [-0.2, -0.15) is 0 Å². The molecule has 0 heterocycles. The Morgan fingerprint density at radius 3 is 2.00 bits per heavy atom. The first-order chi connectivity index (χ1) is 9.32. The van der Waals surface area contributed by atoms with Crippen molar-refractivity contribution in [1.29, 1.82) is 0 Å². The Morgan fingerprint density at radius 2 is 1.55 bits per heavy atom. The maximum atomic E-state index is 11.7. The number of aliphatic carboxylic acids is 2. The predicted molar refractivity (Wildman–Crippen MR) is 62.5 cm³/mol. The monoisotopic (exact) mass is 282 g/mol. The summed E-state index contributed by atoms with van der Waals surface area (Å²) in [5, 5.41) is 26.1. The van der Waals surface area contributed by atoms with Crippen molar-refractivity contribution in [3.05, 3.63) is 35.4 Å². The molecule has 0 aliphatic rings. The highest BCUT2D eigenvalue weighted by Crippen LogP contribution is 2.12. The lowest BCUT2D eigenvalue weighted by Gasteiger charge is -2.12. The van der Waals surface area contributed by atoms with Gasteiger partial charge in [0.05, 0.1) is 17.5 Å². The van der Waals surface area contributed by atoms with Crippen molar-refractivity contribution in [2.24, 2.45) is 0 Å². The molecule has 0 aromatic heterocycles. The number of rotatable bonds is 6. The van der Waals surface area contributed by atoms with Crippen LogP contribution in [0.3, 0.4) is 0 Å². The second-order valence-electron chi connectivity index (χ2n) is 3.68. The molecule has 0 bridgehead atoms. The van der Waals surface area contributed by atoms with Crippen molar-refractivity contribution < 1.29 is 39.2 Å². The third-order valence-electron chi connectivity index (χ3n) is 2.26. The number of hydrogen-bond acceptors (Lipinski definition) is 5. The van der Waals surface area contributed by atoms with Gasteiger partial charge in [0.1, 0.15) is 0 Å². The fourth-order valence-corrected chi connectivity index (χ4v) is 1.38. The second kappa shape index (κ2) is 6.32. The summed E-state index contributed by atoms with van der Waals surface area (Å²) in [5.41, 5.74) is -0.714. The fourth-order valence-electron chi connectivity index (χ4n) is 1.38. The van der Waals surface area contributed by atoms with E-state index in [9.17, 15) is 19.2 Å². The van der Waals surface area contributed by atoms with Gasteiger partial charge in [0.2, 0.25) is 6.10 Å². The molecule has 20 heavy (non-hydrogen) atoms. The maximum absolute atomic E-state index is 11.7. The van der Waals surface area contributed by atoms with Crippen LogP contribution in [0.5, 0.6) is 0 Å². The van der Waals surface area contributed by atoms with Gasteiger partial charge in [0, 0.05) is 0 Å². The minimum Gasteiger partial charge on any atom is -0.481 e. The number of hydrogen-bond donors (Lipinski definition) is 3. The van der Waals surface area contributed by atoms with Gasteiger partial charge in [-0.1, -0.05) is 12.1 Å². The molecule has 0 saturated heterocycles. The van der Waals surface area contributed by atoms with Crippen LogP contribution in [0.1, 0.15) is 27.1 Å². The molecule has 8 heteroatoms. The van der Waals surface area contributed by atoms with Crippen LogP contribution < -0.4 is 0 Å². The Balaban J connectivity index is 2.98. The van der Waals surface area contributed by atoms with E-state index in [2.05, 4.69) is 4.74 Å². The first-order valence-corrected chi connectivity index (χ1v) is 5.30. The van der Waals surface area contributed by atoms with E-state index < -0.39 is 36.4 Å². The zero-order valence-electron chi connectivity index (χ0n) is 9.98. The molecule has 1 rings (SSSR count). The van der Waals surface area contributed by atoms with E-state index in [1.54, 1.807) is 0 Å². The second-order valence-corrected chi connectivity index (χ2v) is 3.68. The lowest BCUT2D eigenvalue weighted by atomic mass is 10.1. The standard InChI is InChI=1S/C12H10O8/c13-9(14)5-8(11(17)18)20-12(19)7-4-2-1-3-6(7)10(15)16/h1-4,8H,5H2,(H,13,14)(H,15,16)(H,17,18). The van der Waals surface area contributed by atoms with Crippen LogP contribution in [0.25, 0.3) is 0 Å². The molecule has 0 amide bonds. The molecular formula is C12H10O8. The number of carbonyl (C=O) groups is 4. The van der Waals surface area contributed by atoms with Crippen LogP contribution in [0.15, 0.2) is 24.3 Å². The summed E-state index contributed by atoms with van der Waals surface area (Å²) in [7, 11) is 0. The highest BCUT2D eigenvalue weighted by molar-refractivity contribution is 6.03. The number of carbonyl (C=O) groups excluding carboxylic acids is 1. The molecule has 106 valence electrons. The number of ether oxygens (including phenoxy) is 1. The molecule has 1 unspecified atom stereocenters. The first kappa shape index (κ1) is 15.2. The van der Waals surface area contributed by atoms with Crippen molar-refractivity contribution in [1.82, 2.24) is 0 Å². The maximum Gasteiger partial charge on any atom is 0.345 e. The highest BCUT2D eigenvalue weighted by atomic mass is 16.6. The Labute approximate surface area is 112 Å². The Morgan fingerprint density at radius 1 is 1.00 bits per heavy atom. The van der Waals surface area contributed by atoms with E-state index >= 15 is 0 Å². The van der Waals surface area contributed by atoms with Crippen molar-refractivity contribution >= 4 is 23.9 Å². The number of aromatic carboxylic acids is 1. The minimum absolute atomic E-state index is 0.350. The molecular weight excluding hydrogens is 272 g/mol. The van der Waals surface area contributed by atoms with Crippen LogP contribution in [0.2, 0.25) is 0 Å². The SMILES string of the molecule is O=C(O)CC(OC(=O)c1ccccc1C(=O)O)C(=O)O. The lowest BCUT2D eigenvalue weighted by Crippen LogP contribution is -2.30. The molecule has 0 aliphatic heterocycles. The van der Waals surface area contributed by atoms with Crippen LogP contribution in [0.4, 0.5) is 0 Å². The first-order valence-electron chi connectivity index (χ1n) is 5.30. The normalized spacial score (nSPS) is 11.4. The molecule has 1 aromatic rings. The number of carboxylic acids is 3. The molecule has 1 atom stereocenters. The molecule has 3 N–H and O–H groups in total. The molecule has 0 saturated carbocycles. The van der Waals surface area contributed by atoms with Crippen molar-refractivity contribution in [2.45, 2.75) is 12.5 Å². The summed E-state index contributed by atoms with van der Waals surface area (Å²) in [6.45, 7) is 0. The molecule has 1 aromatic carbocycles. The van der Waals surface area contributed by atoms with E-state index in [0.717, 1.165) is 12.1 Å². The number of carboxylic acid groups (broad SMARTS) is 3. The van der Waals surface area contributed by atoms with E-state index in [0.29, 0.717) is 0 Å². The zero-order valence-corrected chi connectivity index (χ0v) is 9.98. The third-order valence-corrected chi connectivity index (χ3v) is 2.26. The van der Waals surface area contributed by atoms with Crippen LogP contribution in [-0.4, -0.2) is 45.3 Å². The van der Waals surface area contributed by atoms with Gasteiger partial charge in [0.15, 0.2) is 0 Å². The number of esters is 1. The summed E-state index contributed by atoms with van der Waals surface area (Å²) in [4.78, 5) is 43.9. The Bertz CT molecular complexity index is 562. The average molecular weight is 282 g/mol. The molecule has 8 nitrogen and oxygen atoms in total. The van der Waals surface area contributed by atoms with Crippen molar-refractivity contribution in [3.8, 4) is 0 Å². The summed E-state index contributed by atoms with van der Waals surface area (Å²) in [6.07, 6.45) is -2.81. The lowest BCUT2D eigenvalue weighted by molar-refractivity contribution is -0.153. The van der Waals surface area contributed by atoms with Gasteiger partial charge in [-0.25, -0.2) is 14.4 Å². The quantitative estimate of drug-likeness (QED) is 0.640. The van der Waals surface area contributed by atoms with Gasteiger partial charge >= 0.3 is 23.9 Å². The fraction of sp³-hybridized carbons (Fsp3) is 0.167. The minimum atomic E-state index is -1.89. The molecule has 0 aliphatic carbocycles. The molecule has 0 radical (unpaired) electrons. The van der Waals surface area contributed by atoms with Crippen LogP contribution in [0, 0.1) is 0 Å². The largest absolute Gasteiger partial charge is 0.481 e. The van der Waals surface area contributed by atoms with Gasteiger partial charge in [-0.15, -0.1) is 0 Å². The Hall–Kier alpha value is -2.90. The van der Waals surface area contributed by atoms with Crippen LogP contribution in [-0.2, 0) is 14.3 Å². The van der Waals surface area contributed by atoms with Crippen molar-refractivity contribution in [3.63, 3.8) is 0 Å². The number of benzene rings is 1. The summed E-state index contributed by atoms with van der Waals surface area (Å²) < 4.78 is 4.52. The predicted octanol–water partition coefficient (Wildman–Crippen LogP) is 0.470. The summed E-state index contributed by atoms with van der Waals surface area (Å²) in [5.74, 6) is -5.69. The topological polar surface area (TPSA) is 138 Å². The Kier molecular flexibility index (Phi) is 4.79. The molecule has 0 fully saturated rings. The zero-order chi connectivity index (χ0) is 15.3. The van der Waals surface area contributed by atoms with E-state index in [4.69, 9.17) is 15.3 Å². The van der Waals surface area contributed by atoms with E-state index in [-0.39, 0.29) is 11.1 Å². The summed E-state index contributed by atoms with van der Waals surface area (Å²) in [6, 6.07) is 5.04. The smallest absolute Gasteiger partial charge is 0.345 e. The third kappa shape index (κ3) is 3.80. The van der Waals surface area contributed by atoms with Crippen LogP contribution >= 0.6 is 0 Å². The average Bonchev–Trinajstić information content (AvgIpc) is 2.37. The van der Waals surface area contributed by atoms with Crippen molar-refractivity contribution in [2.75, 3.05) is 0 Å². The van der Waals surface area contributed by atoms with Gasteiger partial charge in [0.25, 0.3) is 0 Å². The summed E-state index contributed by atoms with van der Waals surface area (Å²) >= 11 is 0. The molecule has 0 spiro atoms. The van der Waals surface area contributed by atoms with Gasteiger partial charge in [-0.05, 0) is 12.1 Å². The highest BCUT2D eigenvalue weighted by Gasteiger charge is 2.27. The van der Waals surface area contributed by atoms with E-state index in [1.165, 1.54) is 12.1 Å². The van der Waals surface area contributed by atoms with Gasteiger partial charge in [-0.3, -0.25) is 4.79 Å². The van der Waals surface area contributed by atoms with E-state index in [1.807, 2.05) is 0 Å².